The average Bonchev–Trinajstić information content (AvgIpc) is 3.13. The molecule has 2 heterocycles. The third kappa shape index (κ3) is 3.82. The number of ketones is 1. The summed E-state index contributed by atoms with van der Waals surface area (Å²) in [6, 6.07) is 7.25. The summed E-state index contributed by atoms with van der Waals surface area (Å²) in [5.74, 6) is 0.715. The van der Waals surface area contributed by atoms with Crippen LogP contribution in [0.15, 0.2) is 34.9 Å². The maximum Gasteiger partial charge on any atom is 0.223 e. The van der Waals surface area contributed by atoms with E-state index >= 15 is 0 Å². The number of carbonyl (C=O) groups excluding carboxylic acids is 2. The van der Waals surface area contributed by atoms with Gasteiger partial charge < -0.3 is 9.32 Å². The molecule has 0 saturated heterocycles. The third-order valence-corrected chi connectivity index (χ3v) is 4.55. The first-order valence-electron chi connectivity index (χ1n) is 6.87. The van der Waals surface area contributed by atoms with E-state index in [1.165, 1.54) is 11.3 Å². The number of thiophene rings is 1. The molecule has 1 amide bonds. The van der Waals surface area contributed by atoms with Crippen LogP contribution in [0.1, 0.15) is 46.1 Å². The summed E-state index contributed by atoms with van der Waals surface area (Å²) in [4.78, 5) is 27.6. The Morgan fingerprint density at radius 2 is 2.05 bits per heavy atom. The maximum atomic E-state index is 12.2. The Morgan fingerprint density at radius 1 is 1.29 bits per heavy atom. The first-order valence-corrected chi connectivity index (χ1v) is 7.69. The maximum absolute atomic E-state index is 12.2. The van der Waals surface area contributed by atoms with Crippen LogP contribution in [-0.4, -0.2) is 23.6 Å². The second-order valence-electron chi connectivity index (χ2n) is 5.03. The zero-order valence-corrected chi connectivity index (χ0v) is 13.3. The minimum atomic E-state index is -0.133. The Balaban J connectivity index is 1.88. The van der Waals surface area contributed by atoms with Gasteiger partial charge in [0, 0.05) is 24.8 Å². The zero-order valence-electron chi connectivity index (χ0n) is 12.5. The van der Waals surface area contributed by atoms with Gasteiger partial charge in [0.15, 0.2) is 5.78 Å². The molecule has 0 radical (unpaired) electrons. The van der Waals surface area contributed by atoms with Gasteiger partial charge in [0.2, 0.25) is 5.91 Å². The molecule has 0 aliphatic carbocycles. The molecule has 0 N–H and O–H groups in total. The zero-order chi connectivity index (χ0) is 15.4. The second kappa shape index (κ2) is 6.72. The van der Waals surface area contributed by atoms with Crippen molar-refractivity contribution in [1.29, 1.82) is 0 Å². The topological polar surface area (TPSA) is 50.5 Å². The molecule has 0 aromatic carbocycles. The van der Waals surface area contributed by atoms with Crippen LogP contribution in [-0.2, 0) is 4.79 Å². The van der Waals surface area contributed by atoms with Gasteiger partial charge in [0.25, 0.3) is 0 Å². The summed E-state index contributed by atoms with van der Waals surface area (Å²) >= 11 is 1.47. The van der Waals surface area contributed by atoms with Crippen LogP contribution >= 0.6 is 11.3 Å². The van der Waals surface area contributed by atoms with Crippen LogP contribution in [0.2, 0.25) is 0 Å². The summed E-state index contributed by atoms with van der Waals surface area (Å²) in [5, 5.41) is 0. The van der Waals surface area contributed by atoms with E-state index in [-0.39, 0.29) is 30.6 Å². The molecule has 1 unspecified atom stereocenters. The van der Waals surface area contributed by atoms with E-state index in [4.69, 9.17) is 4.42 Å². The van der Waals surface area contributed by atoms with Crippen molar-refractivity contribution >= 4 is 23.0 Å². The number of rotatable bonds is 6. The number of Topliss-reactive ketones (excluding diaryl/α,β-unsaturated/α-hetero) is 1. The van der Waals surface area contributed by atoms with E-state index in [0.29, 0.717) is 0 Å². The molecule has 2 aromatic heterocycles. The molecule has 1 atom stereocenters. The van der Waals surface area contributed by atoms with Gasteiger partial charge in [0.1, 0.15) is 5.76 Å². The lowest BCUT2D eigenvalue weighted by molar-refractivity contribution is -0.132. The molecule has 2 rings (SSSR count). The lowest BCUT2D eigenvalue weighted by atomic mass is 10.1. The van der Waals surface area contributed by atoms with Crippen molar-refractivity contribution in [2.75, 3.05) is 7.05 Å². The molecule has 0 spiro atoms. The van der Waals surface area contributed by atoms with Crippen molar-refractivity contribution in [3.8, 4) is 0 Å². The standard InChI is InChI=1S/C16H19NO3S/c1-11-6-8-15(21-11)13(18)7-9-16(19)17(3)12(2)14-5-4-10-20-14/h4-6,8,10,12H,7,9H2,1-3H3. The van der Waals surface area contributed by atoms with Gasteiger partial charge in [-0.3, -0.25) is 9.59 Å². The normalized spacial score (nSPS) is 12.1. The highest BCUT2D eigenvalue weighted by Crippen LogP contribution is 2.21. The molecule has 0 bridgehead atoms. The minimum Gasteiger partial charge on any atom is -0.467 e. The van der Waals surface area contributed by atoms with Crippen molar-refractivity contribution in [3.05, 3.63) is 46.0 Å². The van der Waals surface area contributed by atoms with Gasteiger partial charge in [-0.25, -0.2) is 0 Å². The fourth-order valence-corrected chi connectivity index (χ4v) is 2.88. The van der Waals surface area contributed by atoms with Crippen molar-refractivity contribution < 1.29 is 14.0 Å². The number of aryl methyl sites for hydroxylation is 1. The molecule has 4 nitrogen and oxygen atoms in total. The highest BCUT2D eigenvalue weighted by Gasteiger charge is 2.20. The van der Waals surface area contributed by atoms with E-state index < -0.39 is 0 Å². The summed E-state index contributed by atoms with van der Waals surface area (Å²) < 4.78 is 5.31. The van der Waals surface area contributed by atoms with Gasteiger partial charge in [-0.2, -0.15) is 0 Å². The largest absolute Gasteiger partial charge is 0.467 e. The summed E-state index contributed by atoms with van der Waals surface area (Å²) in [6.45, 7) is 3.87. The molecular weight excluding hydrogens is 286 g/mol. The van der Waals surface area contributed by atoms with Crippen molar-refractivity contribution in [3.63, 3.8) is 0 Å². The first kappa shape index (κ1) is 15.5. The lowest BCUT2D eigenvalue weighted by Crippen LogP contribution is -2.29. The fraction of sp³-hybridized carbons (Fsp3) is 0.375. The molecule has 0 aliphatic heterocycles. The van der Waals surface area contributed by atoms with E-state index in [9.17, 15) is 9.59 Å². The third-order valence-electron chi connectivity index (χ3n) is 3.51. The van der Waals surface area contributed by atoms with Crippen LogP contribution < -0.4 is 0 Å². The van der Waals surface area contributed by atoms with Crippen molar-refractivity contribution in [2.45, 2.75) is 32.7 Å². The van der Waals surface area contributed by atoms with Gasteiger partial charge in [-0.1, -0.05) is 0 Å². The quantitative estimate of drug-likeness (QED) is 0.762. The Labute approximate surface area is 128 Å². The SMILES string of the molecule is Cc1ccc(C(=O)CCC(=O)N(C)C(C)c2ccco2)s1. The number of nitrogens with zero attached hydrogens (tertiary/aromatic N) is 1. The lowest BCUT2D eigenvalue weighted by Gasteiger charge is -2.23. The Morgan fingerprint density at radius 3 is 2.62 bits per heavy atom. The molecule has 21 heavy (non-hydrogen) atoms. The minimum absolute atomic E-state index is 0.0282. The molecule has 2 aromatic rings. The summed E-state index contributed by atoms with van der Waals surface area (Å²) in [6.07, 6.45) is 2.05. The average molecular weight is 305 g/mol. The van der Waals surface area contributed by atoms with Crippen LogP contribution in [0.25, 0.3) is 0 Å². The predicted molar refractivity (Wildman–Crippen MR) is 82.5 cm³/mol. The molecule has 0 aliphatic rings. The van der Waals surface area contributed by atoms with Crippen molar-refractivity contribution in [1.82, 2.24) is 4.90 Å². The van der Waals surface area contributed by atoms with E-state index in [1.807, 2.05) is 32.0 Å². The van der Waals surface area contributed by atoms with Gasteiger partial charge in [0.05, 0.1) is 17.2 Å². The van der Waals surface area contributed by atoms with Crippen LogP contribution in [0.4, 0.5) is 0 Å². The van der Waals surface area contributed by atoms with Crippen LogP contribution in [0.3, 0.4) is 0 Å². The summed E-state index contributed by atoms with van der Waals surface area (Å²) in [5.41, 5.74) is 0. The molecular formula is C16H19NO3S. The fourth-order valence-electron chi connectivity index (χ4n) is 2.04. The van der Waals surface area contributed by atoms with Crippen LogP contribution in [0, 0.1) is 6.92 Å². The van der Waals surface area contributed by atoms with Gasteiger partial charge in [-0.15, -0.1) is 11.3 Å². The first-order chi connectivity index (χ1) is 9.99. The van der Waals surface area contributed by atoms with E-state index in [1.54, 1.807) is 24.3 Å². The monoisotopic (exact) mass is 305 g/mol. The number of carbonyl (C=O) groups is 2. The molecule has 112 valence electrons. The van der Waals surface area contributed by atoms with Crippen LogP contribution in [0.5, 0.6) is 0 Å². The smallest absolute Gasteiger partial charge is 0.223 e. The number of hydrogen-bond donors (Lipinski definition) is 0. The highest BCUT2D eigenvalue weighted by atomic mass is 32.1. The summed E-state index contributed by atoms with van der Waals surface area (Å²) in [7, 11) is 1.73. The van der Waals surface area contributed by atoms with E-state index in [2.05, 4.69) is 0 Å². The van der Waals surface area contributed by atoms with Crippen molar-refractivity contribution in [2.24, 2.45) is 0 Å². The number of amides is 1. The Hall–Kier alpha value is -1.88. The number of hydrogen-bond acceptors (Lipinski definition) is 4. The van der Waals surface area contributed by atoms with Gasteiger partial charge >= 0.3 is 0 Å². The highest BCUT2D eigenvalue weighted by molar-refractivity contribution is 7.14. The van der Waals surface area contributed by atoms with E-state index in [0.717, 1.165) is 15.5 Å². The molecule has 0 saturated carbocycles. The Kier molecular flexibility index (Phi) is 4.96. The second-order valence-corrected chi connectivity index (χ2v) is 6.32. The molecule has 0 fully saturated rings. The number of furan rings is 1. The van der Waals surface area contributed by atoms with Gasteiger partial charge in [-0.05, 0) is 38.1 Å². The molecule has 5 heteroatoms. The Bertz CT molecular complexity index is 615. The predicted octanol–water partition coefficient (Wildman–Crippen LogP) is 3.83.